The Morgan fingerprint density at radius 1 is 1.17 bits per heavy atom. The van der Waals surface area contributed by atoms with Gasteiger partial charge in [-0.2, -0.15) is 0 Å². The molecule has 1 unspecified atom stereocenters. The molecule has 0 spiro atoms. The molecule has 1 atom stereocenters. The van der Waals surface area contributed by atoms with E-state index in [0.29, 0.717) is 24.1 Å². The van der Waals surface area contributed by atoms with Gasteiger partial charge >= 0.3 is 0 Å². The summed E-state index contributed by atoms with van der Waals surface area (Å²) in [4.78, 5) is 31.5. The molecule has 0 saturated carbocycles. The van der Waals surface area contributed by atoms with Gasteiger partial charge in [0, 0.05) is 31.5 Å². The van der Waals surface area contributed by atoms with Crippen LogP contribution in [-0.4, -0.2) is 47.9 Å². The molecule has 0 aliphatic carbocycles. The quantitative estimate of drug-likeness (QED) is 0.779. The molecule has 2 heterocycles. The van der Waals surface area contributed by atoms with E-state index in [9.17, 15) is 9.59 Å². The fraction of sp³-hybridized carbons (Fsp3) is 0.435. The van der Waals surface area contributed by atoms with Crippen molar-refractivity contribution in [2.24, 2.45) is 0 Å². The molecular formula is C23H29N3O3. The predicted molar refractivity (Wildman–Crippen MR) is 112 cm³/mol. The number of pyridine rings is 1. The van der Waals surface area contributed by atoms with Crippen molar-refractivity contribution in [1.82, 2.24) is 15.2 Å². The van der Waals surface area contributed by atoms with Crippen LogP contribution >= 0.6 is 0 Å². The monoisotopic (exact) mass is 395 g/mol. The minimum absolute atomic E-state index is 0.0306. The first-order chi connectivity index (χ1) is 14.1. The molecule has 0 radical (unpaired) electrons. The Kier molecular flexibility index (Phi) is 7.22. The maximum absolute atomic E-state index is 12.9. The average Bonchev–Trinajstić information content (AvgIpc) is 2.79. The number of hydrogen-bond donors (Lipinski definition) is 1. The highest BCUT2D eigenvalue weighted by molar-refractivity contribution is 5.99. The van der Waals surface area contributed by atoms with E-state index in [1.807, 2.05) is 29.2 Å². The number of benzene rings is 1. The zero-order chi connectivity index (χ0) is 20.6. The van der Waals surface area contributed by atoms with Gasteiger partial charge in [0.15, 0.2) is 0 Å². The van der Waals surface area contributed by atoms with E-state index in [1.165, 1.54) is 6.20 Å². The first-order valence-corrected chi connectivity index (χ1v) is 10.3. The van der Waals surface area contributed by atoms with Crippen molar-refractivity contribution in [3.05, 3.63) is 59.4 Å². The summed E-state index contributed by atoms with van der Waals surface area (Å²) in [6.45, 7) is 3.39. The summed E-state index contributed by atoms with van der Waals surface area (Å²) in [5.74, 6) is 0.563. The van der Waals surface area contributed by atoms with E-state index in [2.05, 4.69) is 17.2 Å². The van der Waals surface area contributed by atoms with Crippen LogP contribution in [-0.2, 0) is 6.42 Å². The maximum atomic E-state index is 12.9. The zero-order valence-electron chi connectivity index (χ0n) is 17.2. The molecule has 0 bridgehead atoms. The van der Waals surface area contributed by atoms with Gasteiger partial charge in [-0.1, -0.05) is 19.1 Å². The smallest absolute Gasteiger partial charge is 0.255 e. The van der Waals surface area contributed by atoms with E-state index >= 15 is 0 Å². The molecule has 154 valence electrons. The number of nitrogens with one attached hydrogen (secondary N) is 1. The number of rotatable bonds is 7. The van der Waals surface area contributed by atoms with E-state index in [0.717, 1.165) is 43.5 Å². The molecule has 6 nitrogen and oxygen atoms in total. The van der Waals surface area contributed by atoms with Gasteiger partial charge in [-0.15, -0.1) is 0 Å². The molecule has 1 saturated heterocycles. The Hall–Kier alpha value is -2.89. The van der Waals surface area contributed by atoms with Crippen LogP contribution < -0.4 is 10.1 Å². The lowest BCUT2D eigenvalue weighted by Crippen LogP contribution is -2.43. The number of aromatic nitrogens is 1. The first kappa shape index (κ1) is 20.8. The predicted octanol–water partition coefficient (Wildman–Crippen LogP) is 3.47. The summed E-state index contributed by atoms with van der Waals surface area (Å²) < 4.78 is 5.15. The number of carbonyl (C=O) groups is 2. The third-order valence-corrected chi connectivity index (χ3v) is 5.46. The number of likely N-dealkylation sites (tertiary alicyclic amines) is 1. The minimum Gasteiger partial charge on any atom is -0.497 e. The van der Waals surface area contributed by atoms with E-state index in [-0.39, 0.29) is 17.9 Å². The van der Waals surface area contributed by atoms with Crippen LogP contribution in [0, 0.1) is 0 Å². The van der Waals surface area contributed by atoms with Gasteiger partial charge in [0.25, 0.3) is 11.8 Å². The van der Waals surface area contributed by atoms with E-state index < -0.39 is 0 Å². The molecule has 2 aromatic rings. The molecule has 3 rings (SSSR count). The molecule has 1 N–H and O–H groups in total. The van der Waals surface area contributed by atoms with Crippen LogP contribution in [0.15, 0.2) is 42.7 Å². The fourth-order valence-corrected chi connectivity index (χ4v) is 3.75. The second kappa shape index (κ2) is 10.0. The van der Waals surface area contributed by atoms with Crippen LogP contribution in [0.5, 0.6) is 5.75 Å². The standard InChI is InChI=1S/C23H29N3O3/c1-3-20-6-4-5-13-26(20)23(28)19-14-18(15-24-16-19)22(27)25-12-11-17-7-9-21(29-2)10-8-17/h7-10,14-16,20H,3-6,11-13H2,1-2H3,(H,25,27). The van der Waals surface area contributed by atoms with Crippen molar-refractivity contribution < 1.29 is 14.3 Å². The highest BCUT2D eigenvalue weighted by Crippen LogP contribution is 2.22. The van der Waals surface area contributed by atoms with Gasteiger partial charge < -0.3 is 15.0 Å². The Bertz CT molecular complexity index is 836. The van der Waals surface area contributed by atoms with E-state index in [4.69, 9.17) is 4.74 Å². The van der Waals surface area contributed by atoms with Crippen LogP contribution in [0.4, 0.5) is 0 Å². The minimum atomic E-state index is -0.216. The summed E-state index contributed by atoms with van der Waals surface area (Å²) >= 11 is 0. The Morgan fingerprint density at radius 3 is 2.66 bits per heavy atom. The molecular weight excluding hydrogens is 366 g/mol. The van der Waals surface area contributed by atoms with Crippen molar-refractivity contribution in [3.8, 4) is 5.75 Å². The fourth-order valence-electron chi connectivity index (χ4n) is 3.75. The molecule has 2 amide bonds. The van der Waals surface area contributed by atoms with Crippen molar-refractivity contribution in [1.29, 1.82) is 0 Å². The molecule has 29 heavy (non-hydrogen) atoms. The topological polar surface area (TPSA) is 71.5 Å². The summed E-state index contributed by atoms with van der Waals surface area (Å²) in [6, 6.07) is 9.70. The number of ether oxygens (including phenoxy) is 1. The summed E-state index contributed by atoms with van der Waals surface area (Å²) in [6.07, 6.45) is 7.96. The third kappa shape index (κ3) is 5.34. The number of nitrogens with zero attached hydrogens (tertiary/aromatic N) is 2. The van der Waals surface area contributed by atoms with Crippen molar-refractivity contribution in [3.63, 3.8) is 0 Å². The van der Waals surface area contributed by atoms with Crippen molar-refractivity contribution in [2.75, 3.05) is 20.2 Å². The molecule has 1 fully saturated rings. The van der Waals surface area contributed by atoms with Gasteiger partial charge in [-0.05, 0) is 55.9 Å². The Morgan fingerprint density at radius 2 is 1.93 bits per heavy atom. The number of methoxy groups -OCH3 is 1. The molecule has 6 heteroatoms. The summed E-state index contributed by atoms with van der Waals surface area (Å²) in [7, 11) is 1.63. The summed E-state index contributed by atoms with van der Waals surface area (Å²) in [5, 5.41) is 2.91. The molecule has 1 aliphatic rings. The van der Waals surface area contributed by atoms with Gasteiger partial charge in [-0.3, -0.25) is 14.6 Å². The largest absolute Gasteiger partial charge is 0.497 e. The third-order valence-electron chi connectivity index (χ3n) is 5.46. The number of carbonyl (C=O) groups excluding carboxylic acids is 2. The van der Waals surface area contributed by atoms with Gasteiger partial charge in [-0.25, -0.2) is 0 Å². The van der Waals surface area contributed by atoms with Gasteiger partial charge in [0.05, 0.1) is 18.2 Å². The molecule has 1 aromatic heterocycles. The van der Waals surface area contributed by atoms with Crippen LogP contribution in [0.25, 0.3) is 0 Å². The number of piperidine rings is 1. The zero-order valence-corrected chi connectivity index (χ0v) is 17.2. The second-order valence-electron chi connectivity index (χ2n) is 7.37. The van der Waals surface area contributed by atoms with Crippen LogP contribution in [0.1, 0.15) is 58.9 Å². The maximum Gasteiger partial charge on any atom is 0.255 e. The van der Waals surface area contributed by atoms with Crippen LogP contribution in [0.2, 0.25) is 0 Å². The highest BCUT2D eigenvalue weighted by atomic mass is 16.5. The Labute approximate surface area is 172 Å². The normalized spacial score (nSPS) is 16.3. The van der Waals surface area contributed by atoms with Crippen molar-refractivity contribution >= 4 is 11.8 Å². The number of amides is 2. The number of hydrogen-bond acceptors (Lipinski definition) is 4. The Balaban J connectivity index is 1.59. The van der Waals surface area contributed by atoms with Crippen molar-refractivity contribution in [2.45, 2.75) is 45.1 Å². The van der Waals surface area contributed by atoms with Crippen LogP contribution in [0.3, 0.4) is 0 Å². The summed E-state index contributed by atoms with van der Waals surface area (Å²) in [5.41, 5.74) is 2.01. The molecule has 1 aliphatic heterocycles. The van der Waals surface area contributed by atoms with Gasteiger partial charge in [0.2, 0.25) is 0 Å². The second-order valence-corrected chi connectivity index (χ2v) is 7.37. The average molecular weight is 396 g/mol. The SMILES string of the molecule is CCC1CCCCN1C(=O)c1cncc(C(=O)NCCc2ccc(OC)cc2)c1. The molecule has 1 aromatic carbocycles. The first-order valence-electron chi connectivity index (χ1n) is 10.3. The van der Waals surface area contributed by atoms with Gasteiger partial charge in [0.1, 0.15) is 5.75 Å². The lowest BCUT2D eigenvalue weighted by molar-refractivity contribution is 0.0607. The highest BCUT2D eigenvalue weighted by Gasteiger charge is 2.26. The lowest BCUT2D eigenvalue weighted by atomic mass is 9.99. The van der Waals surface area contributed by atoms with E-state index in [1.54, 1.807) is 19.4 Å². The lowest BCUT2D eigenvalue weighted by Gasteiger charge is -2.35.